The summed E-state index contributed by atoms with van der Waals surface area (Å²) in [5.74, 6) is -0.747. The van der Waals surface area contributed by atoms with Gasteiger partial charge in [0, 0.05) is 34.8 Å². The van der Waals surface area contributed by atoms with Gasteiger partial charge in [0.1, 0.15) is 5.82 Å². The molecular weight excluding hydrogens is 511 g/mol. The molecule has 0 bridgehead atoms. The molecule has 0 aliphatic carbocycles. The zero-order valence-electron chi connectivity index (χ0n) is 18.4. The van der Waals surface area contributed by atoms with Gasteiger partial charge in [0.15, 0.2) is 18.9 Å². The summed E-state index contributed by atoms with van der Waals surface area (Å²) in [5, 5.41) is 7.66. The zero-order valence-corrected chi connectivity index (χ0v) is 20.0. The summed E-state index contributed by atoms with van der Waals surface area (Å²) in [5.41, 5.74) is 2.77. The number of rotatable bonds is 4. The number of pyridine rings is 2. The highest BCUT2D eigenvalue weighted by molar-refractivity contribution is 6.09. The van der Waals surface area contributed by atoms with Crippen molar-refractivity contribution < 1.29 is 35.5 Å². The summed E-state index contributed by atoms with van der Waals surface area (Å²) in [6.07, 6.45) is 5.36. The number of benzene rings is 3. The van der Waals surface area contributed by atoms with Crippen molar-refractivity contribution in [2.24, 2.45) is 0 Å². The molecule has 2 N–H and O–H groups in total. The molecule has 0 aliphatic heterocycles. The molecule has 6 nitrogen and oxygen atoms in total. The Morgan fingerprint density at radius 3 is 2.46 bits per heavy atom. The average molecular weight is 531 g/mol. The Labute approximate surface area is 211 Å². The lowest BCUT2D eigenvalue weighted by atomic mass is 10.1. The fourth-order valence-electron chi connectivity index (χ4n) is 3.78. The number of halogens is 2. The van der Waals surface area contributed by atoms with E-state index in [1.165, 1.54) is 12.1 Å². The third-order valence-corrected chi connectivity index (χ3v) is 5.47. The first-order chi connectivity index (χ1) is 16.5. The van der Waals surface area contributed by atoms with E-state index in [0.717, 1.165) is 27.2 Å². The van der Waals surface area contributed by atoms with E-state index in [1.54, 1.807) is 48.7 Å². The number of nitrogens with zero attached hydrogens (tertiary/aromatic N) is 2. The molecule has 35 heavy (non-hydrogen) atoms. The molecule has 0 saturated carbocycles. The second-order valence-electron chi connectivity index (χ2n) is 7.90. The van der Waals surface area contributed by atoms with E-state index in [-0.39, 0.29) is 22.8 Å². The Morgan fingerprint density at radius 1 is 0.857 bits per heavy atom. The first-order valence-electron chi connectivity index (χ1n) is 10.7. The van der Waals surface area contributed by atoms with Crippen LogP contribution in [0.2, 0.25) is 0 Å². The highest BCUT2D eigenvalue weighted by atomic mass is 79.9. The van der Waals surface area contributed by atoms with Crippen molar-refractivity contribution in [2.75, 3.05) is 5.32 Å². The largest absolute Gasteiger partial charge is 1.00 e. The monoisotopic (exact) mass is 530 g/mol. The number of urea groups is 1. The van der Waals surface area contributed by atoms with Crippen LogP contribution in [0.1, 0.15) is 15.9 Å². The maximum atomic E-state index is 13.4. The predicted molar refractivity (Wildman–Crippen MR) is 128 cm³/mol. The first kappa shape index (κ1) is 24.0. The van der Waals surface area contributed by atoms with E-state index in [9.17, 15) is 14.0 Å². The van der Waals surface area contributed by atoms with Crippen LogP contribution in [-0.4, -0.2) is 16.9 Å². The number of aromatic nitrogens is 2. The van der Waals surface area contributed by atoms with Gasteiger partial charge in [-0.25, -0.2) is 13.8 Å². The summed E-state index contributed by atoms with van der Waals surface area (Å²) in [7, 11) is 0. The van der Waals surface area contributed by atoms with Crippen LogP contribution in [-0.2, 0) is 6.54 Å². The minimum Gasteiger partial charge on any atom is -1.00 e. The van der Waals surface area contributed by atoms with Gasteiger partial charge in [-0.05, 0) is 53.2 Å². The van der Waals surface area contributed by atoms with Crippen LogP contribution < -0.4 is 32.2 Å². The van der Waals surface area contributed by atoms with Crippen molar-refractivity contribution in [3.63, 3.8) is 0 Å². The number of hydrogen-bond donors (Lipinski definition) is 2. The molecule has 3 aromatic carbocycles. The number of hydrogen-bond acceptors (Lipinski definition) is 3. The van der Waals surface area contributed by atoms with Crippen LogP contribution in [0.4, 0.5) is 14.9 Å². The number of imide groups is 1. The molecular formula is C27H20BrFN4O2. The van der Waals surface area contributed by atoms with Crippen LogP contribution in [0.5, 0.6) is 0 Å². The Morgan fingerprint density at radius 2 is 1.63 bits per heavy atom. The third kappa shape index (κ3) is 5.67. The number of anilines is 1. The van der Waals surface area contributed by atoms with Gasteiger partial charge in [-0.1, -0.05) is 24.3 Å². The Kier molecular flexibility index (Phi) is 7.12. The predicted octanol–water partition coefficient (Wildman–Crippen LogP) is 1.83. The van der Waals surface area contributed by atoms with Crippen LogP contribution in [0, 0.1) is 5.82 Å². The molecule has 5 aromatic rings. The Bertz CT molecular complexity index is 1540. The molecule has 0 saturated heterocycles. The fourth-order valence-corrected chi connectivity index (χ4v) is 3.78. The second kappa shape index (κ2) is 10.4. The Hall–Kier alpha value is -4.17. The molecule has 0 unspecified atom stereocenters. The van der Waals surface area contributed by atoms with Crippen molar-refractivity contribution >= 4 is 39.3 Å². The van der Waals surface area contributed by atoms with Gasteiger partial charge in [0.25, 0.3) is 5.91 Å². The summed E-state index contributed by atoms with van der Waals surface area (Å²) in [6.45, 7) is 0.620. The van der Waals surface area contributed by atoms with Crippen LogP contribution in [0.15, 0.2) is 97.5 Å². The van der Waals surface area contributed by atoms with Gasteiger partial charge in [-0.3, -0.25) is 15.1 Å². The van der Waals surface area contributed by atoms with Crippen molar-refractivity contribution in [1.29, 1.82) is 0 Å². The molecule has 5 rings (SSSR count). The SMILES string of the molecule is O=C(NC(=O)c1ccc2ncccc2c1)Nc1cc[n+](Cc2ccc3cc(F)ccc3c2)cc1.[Br-]. The molecule has 174 valence electrons. The van der Waals surface area contributed by atoms with Gasteiger partial charge in [-0.15, -0.1) is 0 Å². The standard InChI is InChI=1S/C27H19FN4O2.BrH/c28-23-7-5-19-14-18(3-4-20(19)16-23)17-32-12-9-24(10-13-32)30-27(34)31-26(33)22-6-8-25-21(15-22)2-1-11-29-25;/h1-16H,17H2,(H,31,33,34);1H. The van der Waals surface area contributed by atoms with Crippen molar-refractivity contribution in [3.05, 3.63) is 114 Å². The van der Waals surface area contributed by atoms with E-state index in [0.29, 0.717) is 17.8 Å². The first-order valence-corrected chi connectivity index (χ1v) is 10.7. The fraction of sp³-hybridized carbons (Fsp3) is 0.0370. The molecule has 2 heterocycles. The van der Waals surface area contributed by atoms with Crippen LogP contribution in [0.25, 0.3) is 21.7 Å². The molecule has 3 amide bonds. The van der Waals surface area contributed by atoms with E-state index < -0.39 is 11.9 Å². The number of amides is 3. The zero-order chi connectivity index (χ0) is 23.5. The van der Waals surface area contributed by atoms with Crippen LogP contribution in [0.3, 0.4) is 0 Å². The summed E-state index contributed by atoms with van der Waals surface area (Å²) >= 11 is 0. The normalized spacial score (nSPS) is 10.5. The topological polar surface area (TPSA) is 75.0 Å². The van der Waals surface area contributed by atoms with E-state index in [2.05, 4.69) is 15.6 Å². The molecule has 0 aliphatic rings. The van der Waals surface area contributed by atoms with Crippen LogP contribution >= 0.6 is 0 Å². The lowest BCUT2D eigenvalue weighted by Gasteiger charge is -2.07. The van der Waals surface area contributed by atoms with Crippen molar-refractivity contribution in [1.82, 2.24) is 10.3 Å². The number of carbonyl (C=O) groups is 2. The number of fused-ring (bicyclic) bond motifs is 2. The summed E-state index contributed by atoms with van der Waals surface area (Å²) in [4.78, 5) is 29.0. The third-order valence-electron chi connectivity index (χ3n) is 5.47. The van der Waals surface area contributed by atoms with E-state index >= 15 is 0 Å². The van der Waals surface area contributed by atoms with Crippen molar-refractivity contribution in [2.45, 2.75) is 6.54 Å². The molecule has 8 heteroatoms. The smallest absolute Gasteiger partial charge is 0.326 e. The van der Waals surface area contributed by atoms with Gasteiger partial charge in [-0.2, -0.15) is 0 Å². The molecule has 2 aromatic heterocycles. The van der Waals surface area contributed by atoms with Gasteiger partial charge >= 0.3 is 6.03 Å². The summed E-state index contributed by atoms with van der Waals surface area (Å²) in [6, 6.07) is 22.2. The van der Waals surface area contributed by atoms with Gasteiger partial charge < -0.3 is 22.3 Å². The lowest BCUT2D eigenvalue weighted by Crippen LogP contribution is -3.00. The van der Waals surface area contributed by atoms with E-state index in [1.807, 2.05) is 41.2 Å². The number of carbonyl (C=O) groups excluding carboxylic acids is 2. The maximum absolute atomic E-state index is 13.4. The highest BCUT2D eigenvalue weighted by Crippen LogP contribution is 2.17. The molecule has 0 fully saturated rings. The second-order valence-corrected chi connectivity index (χ2v) is 7.90. The maximum Gasteiger partial charge on any atom is 0.326 e. The van der Waals surface area contributed by atoms with Gasteiger partial charge in [0.2, 0.25) is 0 Å². The van der Waals surface area contributed by atoms with Gasteiger partial charge in [0.05, 0.1) is 11.2 Å². The Balaban J connectivity index is 0.00000289. The average Bonchev–Trinajstić information content (AvgIpc) is 2.85. The minimum atomic E-state index is -0.615. The minimum absolute atomic E-state index is 0. The van der Waals surface area contributed by atoms with E-state index in [4.69, 9.17) is 0 Å². The highest BCUT2D eigenvalue weighted by Gasteiger charge is 2.12. The summed E-state index contributed by atoms with van der Waals surface area (Å²) < 4.78 is 15.3. The molecule has 0 radical (unpaired) electrons. The lowest BCUT2D eigenvalue weighted by molar-refractivity contribution is -0.688. The molecule has 0 atom stereocenters. The quantitative estimate of drug-likeness (QED) is 0.348. The number of nitrogens with one attached hydrogen (secondary N) is 2. The van der Waals surface area contributed by atoms with Crippen molar-refractivity contribution in [3.8, 4) is 0 Å². The molecule has 0 spiro atoms.